The molecule has 0 aliphatic carbocycles. The Bertz CT molecular complexity index is 1190. The minimum Gasteiger partial charge on any atom is -0.454 e. The third-order valence-electron chi connectivity index (χ3n) is 5.06. The number of carbonyl (C=O) groups excluding carboxylic acids is 1. The summed E-state index contributed by atoms with van der Waals surface area (Å²) in [5.74, 6) is 0.938. The Morgan fingerprint density at radius 1 is 1.19 bits per heavy atom. The number of carbonyl (C=O) groups is 1. The van der Waals surface area contributed by atoms with Gasteiger partial charge in [0.1, 0.15) is 0 Å². The maximum atomic E-state index is 12.4. The summed E-state index contributed by atoms with van der Waals surface area (Å²) in [5.41, 5.74) is 2.37. The standard InChI is InChI=1S/C22H24N4O5S/c1-32(28,29)26(18-8-9-20-21(13-18)31-16-30-20)11-4-7-22(27)24-14-17-5-2-3-6-19(17)25-12-10-23-15-25/h2-3,5-6,8-10,12-13,15H,4,7,11,14,16H2,1H3,(H,24,27). The molecule has 1 amide bonds. The number of para-hydroxylation sites is 1. The summed E-state index contributed by atoms with van der Waals surface area (Å²) in [6.45, 7) is 0.657. The molecule has 0 saturated carbocycles. The van der Waals surface area contributed by atoms with E-state index in [2.05, 4.69) is 10.3 Å². The molecule has 168 valence electrons. The Balaban J connectivity index is 1.34. The third-order valence-corrected chi connectivity index (χ3v) is 6.25. The summed E-state index contributed by atoms with van der Waals surface area (Å²) in [7, 11) is -3.52. The Hall–Kier alpha value is -3.53. The molecule has 0 unspecified atom stereocenters. The van der Waals surface area contributed by atoms with Gasteiger partial charge in [-0.15, -0.1) is 0 Å². The molecule has 0 atom stereocenters. The SMILES string of the molecule is CS(=O)(=O)N(CCCC(=O)NCc1ccccc1-n1ccnc1)c1ccc2c(c1)OCO2. The molecule has 2 aromatic carbocycles. The normalized spacial score (nSPS) is 12.5. The molecule has 0 saturated heterocycles. The van der Waals surface area contributed by atoms with Crippen LogP contribution in [0.15, 0.2) is 61.2 Å². The molecule has 2 heterocycles. The fourth-order valence-corrected chi connectivity index (χ4v) is 4.46. The van der Waals surface area contributed by atoms with Crippen LogP contribution in [-0.4, -0.2) is 43.5 Å². The molecule has 32 heavy (non-hydrogen) atoms. The van der Waals surface area contributed by atoms with Crippen LogP contribution in [0, 0.1) is 0 Å². The predicted molar refractivity (Wildman–Crippen MR) is 119 cm³/mol. The van der Waals surface area contributed by atoms with Gasteiger partial charge in [-0.25, -0.2) is 13.4 Å². The highest BCUT2D eigenvalue weighted by Gasteiger charge is 2.21. The topological polar surface area (TPSA) is 103 Å². The summed E-state index contributed by atoms with van der Waals surface area (Å²) < 4.78 is 38.4. The maximum absolute atomic E-state index is 12.4. The van der Waals surface area contributed by atoms with Crippen LogP contribution in [0.5, 0.6) is 11.5 Å². The molecule has 0 bridgehead atoms. The van der Waals surface area contributed by atoms with Gasteiger partial charge < -0.3 is 19.4 Å². The van der Waals surface area contributed by atoms with E-state index in [-0.39, 0.29) is 25.7 Å². The molecular formula is C22H24N4O5S. The minimum atomic E-state index is -3.52. The minimum absolute atomic E-state index is 0.113. The molecule has 4 rings (SSSR count). The van der Waals surface area contributed by atoms with E-state index in [9.17, 15) is 13.2 Å². The Kier molecular flexibility index (Phi) is 6.31. The van der Waals surface area contributed by atoms with E-state index < -0.39 is 10.0 Å². The quantitative estimate of drug-likeness (QED) is 0.531. The lowest BCUT2D eigenvalue weighted by Crippen LogP contribution is -2.32. The van der Waals surface area contributed by atoms with Crippen molar-refractivity contribution in [1.29, 1.82) is 0 Å². The zero-order chi connectivity index (χ0) is 22.6. The number of amides is 1. The van der Waals surface area contributed by atoms with Gasteiger partial charge in [0.25, 0.3) is 0 Å². The van der Waals surface area contributed by atoms with Gasteiger partial charge in [0.2, 0.25) is 22.7 Å². The number of aromatic nitrogens is 2. The second-order valence-corrected chi connectivity index (χ2v) is 9.26. The first-order valence-electron chi connectivity index (χ1n) is 10.1. The van der Waals surface area contributed by atoms with E-state index in [0.717, 1.165) is 17.5 Å². The monoisotopic (exact) mass is 456 g/mol. The zero-order valence-corrected chi connectivity index (χ0v) is 18.4. The molecule has 3 aromatic rings. The first kappa shape index (κ1) is 21.7. The average Bonchev–Trinajstić information content (AvgIpc) is 3.46. The average molecular weight is 457 g/mol. The van der Waals surface area contributed by atoms with Crippen molar-refractivity contribution in [1.82, 2.24) is 14.9 Å². The fraction of sp³-hybridized carbons (Fsp3) is 0.273. The highest BCUT2D eigenvalue weighted by atomic mass is 32.2. The van der Waals surface area contributed by atoms with Crippen LogP contribution in [0.3, 0.4) is 0 Å². The number of nitrogens with zero attached hydrogens (tertiary/aromatic N) is 3. The van der Waals surface area contributed by atoms with E-state index in [1.807, 2.05) is 35.0 Å². The van der Waals surface area contributed by atoms with Gasteiger partial charge >= 0.3 is 0 Å². The van der Waals surface area contributed by atoms with Crippen molar-refractivity contribution in [2.75, 3.05) is 23.9 Å². The molecule has 1 aliphatic heterocycles. The van der Waals surface area contributed by atoms with Crippen LogP contribution in [0.2, 0.25) is 0 Å². The zero-order valence-electron chi connectivity index (χ0n) is 17.6. The second kappa shape index (κ2) is 9.31. The van der Waals surface area contributed by atoms with Gasteiger partial charge in [-0.1, -0.05) is 18.2 Å². The Labute approximate surface area is 186 Å². The van der Waals surface area contributed by atoms with Crippen molar-refractivity contribution in [3.8, 4) is 17.2 Å². The molecule has 0 radical (unpaired) electrons. The number of hydrogen-bond acceptors (Lipinski definition) is 6. The number of sulfonamides is 1. The summed E-state index contributed by atoms with van der Waals surface area (Å²) in [6.07, 6.45) is 6.96. The van der Waals surface area contributed by atoms with Crippen LogP contribution in [0.1, 0.15) is 18.4 Å². The number of rotatable bonds is 9. The molecule has 0 fully saturated rings. The third kappa shape index (κ3) is 5.02. The molecule has 1 N–H and O–H groups in total. The molecule has 1 aromatic heterocycles. The number of anilines is 1. The van der Waals surface area contributed by atoms with E-state index in [1.54, 1.807) is 30.7 Å². The highest BCUT2D eigenvalue weighted by Crippen LogP contribution is 2.36. The van der Waals surface area contributed by atoms with Crippen molar-refractivity contribution < 1.29 is 22.7 Å². The molecular weight excluding hydrogens is 432 g/mol. The lowest BCUT2D eigenvalue weighted by Gasteiger charge is -2.22. The smallest absolute Gasteiger partial charge is 0.232 e. The lowest BCUT2D eigenvalue weighted by molar-refractivity contribution is -0.121. The lowest BCUT2D eigenvalue weighted by atomic mass is 10.1. The molecule has 10 heteroatoms. The predicted octanol–water partition coefficient (Wildman–Crippen LogP) is 2.46. The van der Waals surface area contributed by atoms with Crippen LogP contribution in [0.4, 0.5) is 5.69 Å². The van der Waals surface area contributed by atoms with Gasteiger partial charge in [0, 0.05) is 38.0 Å². The van der Waals surface area contributed by atoms with E-state index in [0.29, 0.717) is 30.2 Å². The number of imidazole rings is 1. The summed E-state index contributed by atoms with van der Waals surface area (Å²) >= 11 is 0. The van der Waals surface area contributed by atoms with E-state index >= 15 is 0 Å². The number of fused-ring (bicyclic) bond motifs is 1. The molecule has 9 nitrogen and oxygen atoms in total. The van der Waals surface area contributed by atoms with Crippen LogP contribution in [0.25, 0.3) is 5.69 Å². The fourth-order valence-electron chi connectivity index (χ4n) is 3.51. The van der Waals surface area contributed by atoms with Gasteiger partial charge in [0.05, 0.1) is 24.0 Å². The summed E-state index contributed by atoms with van der Waals surface area (Å²) in [4.78, 5) is 16.5. The van der Waals surface area contributed by atoms with Gasteiger partial charge in [-0.2, -0.15) is 0 Å². The van der Waals surface area contributed by atoms with E-state index in [1.165, 1.54) is 4.31 Å². The first-order chi connectivity index (χ1) is 15.4. The van der Waals surface area contributed by atoms with Crippen molar-refractivity contribution >= 4 is 21.6 Å². The van der Waals surface area contributed by atoms with Crippen LogP contribution >= 0.6 is 0 Å². The Morgan fingerprint density at radius 2 is 2.00 bits per heavy atom. The van der Waals surface area contributed by atoms with Gasteiger partial charge in [-0.05, 0) is 30.2 Å². The first-order valence-corrected chi connectivity index (χ1v) is 12.0. The van der Waals surface area contributed by atoms with Crippen molar-refractivity contribution in [3.05, 3.63) is 66.7 Å². The van der Waals surface area contributed by atoms with Crippen LogP contribution < -0.4 is 19.1 Å². The number of ether oxygens (including phenoxy) is 2. The van der Waals surface area contributed by atoms with Crippen LogP contribution in [-0.2, 0) is 21.4 Å². The van der Waals surface area contributed by atoms with Crippen molar-refractivity contribution in [2.24, 2.45) is 0 Å². The maximum Gasteiger partial charge on any atom is 0.232 e. The van der Waals surface area contributed by atoms with E-state index in [4.69, 9.17) is 9.47 Å². The van der Waals surface area contributed by atoms with Crippen molar-refractivity contribution in [2.45, 2.75) is 19.4 Å². The molecule has 1 aliphatic rings. The van der Waals surface area contributed by atoms with Gasteiger partial charge in [-0.3, -0.25) is 9.10 Å². The summed E-state index contributed by atoms with van der Waals surface area (Å²) in [5, 5.41) is 2.91. The Morgan fingerprint density at radius 3 is 2.78 bits per heavy atom. The van der Waals surface area contributed by atoms with Crippen molar-refractivity contribution in [3.63, 3.8) is 0 Å². The molecule has 0 spiro atoms. The number of hydrogen-bond donors (Lipinski definition) is 1. The van der Waals surface area contributed by atoms with Gasteiger partial charge in [0.15, 0.2) is 11.5 Å². The largest absolute Gasteiger partial charge is 0.454 e. The highest BCUT2D eigenvalue weighted by molar-refractivity contribution is 7.92. The number of benzene rings is 2. The second-order valence-electron chi connectivity index (χ2n) is 7.35. The summed E-state index contributed by atoms with van der Waals surface area (Å²) in [6, 6.07) is 12.7. The number of nitrogens with one attached hydrogen (secondary N) is 1.